The maximum Gasteiger partial charge on any atom is 0.164 e. The zero-order valence-electron chi connectivity index (χ0n) is 30.2. The minimum atomic E-state index is 0.633. The quantitative estimate of drug-likeness (QED) is 0.171. The van der Waals surface area contributed by atoms with Gasteiger partial charge in [-0.05, 0) is 71.3 Å². The van der Waals surface area contributed by atoms with E-state index in [0.717, 1.165) is 33.4 Å². The lowest BCUT2D eigenvalue weighted by Gasteiger charge is -2.11. The summed E-state index contributed by atoms with van der Waals surface area (Å²) in [5.74, 6) is 1.91. The molecule has 5 heteroatoms. The van der Waals surface area contributed by atoms with Crippen molar-refractivity contribution in [2.75, 3.05) is 0 Å². The maximum atomic E-state index is 5.24. The van der Waals surface area contributed by atoms with E-state index in [1.165, 1.54) is 53.2 Å². The number of thiophene rings is 1. The van der Waals surface area contributed by atoms with Gasteiger partial charge in [-0.3, -0.25) is 0 Å². The fourth-order valence-corrected chi connectivity index (χ4v) is 9.16. The number of fused-ring (bicyclic) bond motifs is 6. The Morgan fingerprint density at radius 2 is 0.875 bits per heavy atom. The van der Waals surface area contributed by atoms with E-state index in [4.69, 9.17) is 15.0 Å². The molecule has 0 N–H and O–H groups in total. The molecule has 0 saturated heterocycles. The van der Waals surface area contributed by atoms with Gasteiger partial charge in [0.05, 0.1) is 11.0 Å². The third-order valence-electron chi connectivity index (χ3n) is 10.6. The molecular formula is C51H32N4S. The topological polar surface area (TPSA) is 43.6 Å². The monoisotopic (exact) mass is 732 g/mol. The summed E-state index contributed by atoms with van der Waals surface area (Å²) < 4.78 is 4.83. The minimum absolute atomic E-state index is 0.633. The van der Waals surface area contributed by atoms with Crippen molar-refractivity contribution in [3.63, 3.8) is 0 Å². The molecule has 0 saturated carbocycles. The first-order valence-electron chi connectivity index (χ1n) is 18.8. The van der Waals surface area contributed by atoms with Gasteiger partial charge in [0.1, 0.15) is 0 Å². The average Bonchev–Trinajstić information content (AvgIpc) is 3.82. The molecule has 0 aliphatic heterocycles. The third-order valence-corrected chi connectivity index (χ3v) is 11.9. The van der Waals surface area contributed by atoms with Crippen LogP contribution in [0.4, 0.5) is 0 Å². The summed E-state index contributed by atoms with van der Waals surface area (Å²) in [7, 11) is 0. The van der Waals surface area contributed by atoms with Crippen LogP contribution >= 0.6 is 11.3 Å². The lowest BCUT2D eigenvalue weighted by Crippen LogP contribution is -2.00. The molecule has 3 heterocycles. The zero-order chi connectivity index (χ0) is 37.0. The summed E-state index contributed by atoms with van der Waals surface area (Å²) in [6, 6.07) is 68.6. The highest BCUT2D eigenvalue weighted by Crippen LogP contribution is 2.44. The predicted octanol–water partition coefficient (Wildman–Crippen LogP) is 13.7. The van der Waals surface area contributed by atoms with Crippen LogP contribution in [-0.2, 0) is 0 Å². The van der Waals surface area contributed by atoms with Gasteiger partial charge in [0.2, 0.25) is 0 Å². The Morgan fingerprint density at radius 3 is 1.59 bits per heavy atom. The predicted molar refractivity (Wildman–Crippen MR) is 234 cm³/mol. The summed E-state index contributed by atoms with van der Waals surface area (Å²) in [6.45, 7) is 0. The standard InChI is InChI=1S/C51H32N4S/c1-5-15-33(16-6-1)38-30-42(34-17-7-2-8-18-34)48-44(31-38)43-29-36(26-28-47(43)56-48)50-52-49(35-19-9-3-10-20-35)53-51(54-50)37-25-27-41-40-23-13-14-24-45(40)55(46(41)32-37)39-21-11-4-12-22-39/h1-32H. The third kappa shape index (κ3) is 5.48. The molecule has 11 rings (SSSR count). The van der Waals surface area contributed by atoms with E-state index in [1.807, 2.05) is 29.5 Å². The molecule has 11 aromatic rings. The van der Waals surface area contributed by atoms with Gasteiger partial charge in [-0.15, -0.1) is 11.3 Å². The second kappa shape index (κ2) is 13.3. The van der Waals surface area contributed by atoms with Gasteiger partial charge in [0.25, 0.3) is 0 Å². The van der Waals surface area contributed by atoms with E-state index in [2.05, 4.69) is 180 Å². The zero-order valence-corrected chi connectivity index (χ0v) is 31.0. The minimum Gasteiger partial charge on any atom is -0.309 e. The molecule has 0 unspecified atom stereocenters. The molecule has 0 aliphatic carbocycles. The van der Waals surface area contributed by atoms with Crippen molar-refractivity contribution >= 4 is 53.3 Å². The Morgan fingerprint density at radius 1 is 0.339 bits per heavy atom. The van der Waals surface area contributed by atoms with Crippen LogP contribution in [0.15, 0.2) is 194 Å². The smallest absolute Gasteiger partial charge is 0.164 e. The Kier molecular flexibility index (Phi) is 7.64. The molecule has 0 aliphatic rings. The van der Waals surface area contributed by atoms with Crippen LogP contribution < -0.4 is 0 Å². The average molecular weight is 733 g/mol. The highest BCUT2D eigenvalue weighted by Gasteiger charge is 2.19. The van der Waals surface area contributed by atoms with E-state index in [1.54, 1.807) is 0 Å². The Labute approximate surface area is 327 Å². The Bertz CT molecular complexity index is 3230. The van der Waals surface area contributed by atoms with Gasteiger partial charge in [-0.25, -0.2) is 15.0 Å². The van der Waals surface area contributed by atoms with Crippen LogP contribution in [0.3, 0.4) is 0 Å². The maximum absolute atomic E-state index is 5.24. The van der Waals surface area contributed by atoms with E-state index in [-0.39, 0.29) is 0 Å². The van der Waals surface area contributed by atoms with Crippen molar-refractivity contribution in [3.8, 4) is 62.1 Å². The molecular weight excluding hydrogens is 701 g/mol. The second-order valence-electron chi connectivity index (χ2n) is 14.0. The summed E-state index contributed by atoms with van der Waals surface area (Å²) in [5, 5.41) is 4.81. The molecule has 0 radical (unpaired) electrons. The van der Waals surface area contributed by atoms with E-state index in [9.17, 15) is 0 Å². The number of benzene rings is 8. The van der Waals surface area contributed by atoms with E-state index in [0.29, 0.717) is 17.5 Å². The fourth-order valence-electron chi connectivity index (χ4n) is 7.96. The number of para-hydroxylation sites is 2. The van der Waals surface area contributed by atoms with Crippen LogP contribution in [0.1, 0.15) is 0 Å². The van der Waals surface area contributed by atoms with Gasteiger partial charge in [-0.1, -0.05) is 140 Å². The number of rotatable bonds is 6. The second-order valence-corrected chi connectivity index (χ2v) is 15.1. The molecule has 4 nitrogen and oxygen atoms in total. The van der Waals surface area contributed by atoms with Crippen molar-refractivity contribution in [2.24, 2.45) is 0 Å². The molecule has 0 atom stereocenters. The molecule has 262 valence electrons. The van der Waals surface area contributed by atoms with Gasteiger partial charge in [0.15, 0.2) is 17.5 Å². The molecule has 0 bridgehead atoms. The number of nitrogens with zero attached hydrogens (tertiary/aromatic N) is 4. The van der Waals surface area contributed by atoms with Crippen molar-refractivity contribution in [2.45, 2.75) is 0 Å². The first-order chi connectivity index (χ1) is 27.7. The van der Waals surface area contributed by atoms with Crippen LogP contribution in [0.5, 0.6) is 0 Å². The van der Waals surface area contributed by atoms with Crippen LogP contribution in [-0.4, -0.2) is 19.5 Å². The molecule has 8 aromatic carbocycles. The first-order valence-corrected chi connectivity index (χ1v) is 19.6. The van der Waals surface area contributed by atoms with E-state index >= 15 is 0 Å². The van der Waals surface area contributed by atoms with Crippen molar-refractivity contribution < 1.29 is 0 Å². The molecule has 0 spiro atoms. The van der Waals surface area contributed by atoms with Crippen molar-refractivity contribution in [3.05, 3.63) is 194 Å². The molecule has 3 aromatic heterocycles. The summed E-state index contributed by atoms with van der Waals surface area (Å²) in [6.07, 6.45) is 0. The summed E-state index contributed by atoms with van der Waals surface area (Å²) in [4.78, 5) is 15.5. The van der Waals surface area contributed by atoms with Gasteiger partial charge in [0, 0.05) is 58.9 Å². The highest BCUT2D eigenvalue weighted by molar-refractivity contribution is 7.26. The lowest BCUT2D eigenvalue weighted by molar-refractivity contribution is 1.07. The van der Waals surface area contributed by atoms with Gasteiger partial charge in [-0.2, -0.15) is 0 Å². The van der Waals surface area contributed by atoms with Crippen molar-refractivity contribution in [1.29, 1.82) is 0 Å². The normalized spacial score (nSPS) is 11.6. The number of aromatic nitrogens is 4. The lowest BCUT2D eigenvalue weighted by atomic mass is 9.96. The van der Waals surface area contributed by atoms with Crippen LogP contribution in [0.25, 0.3) is 104 Å². The SMILES string of the molecule is c1ccc(-c2cc(-c3ccccc3)c3sc4ccc(-c5nc(-c6ccccc6)nc(-c6ccc7c8ccccc8n(-c8ccccc8)c7c6)n5)cc4c3c2)cc1. The van der Waals surface area contributed by atoms with Gasteiger partial charge < -0.3 is 4.57 Å². The largest absolute Gasteiger partial charge is 0.309 e. The van der Waals surface area contributed by atoms with Crippen molar-refractivity contribution in [1.82, 2.24) is 19.5 Å². The summed E-state index contributed by atoms with van der Waals surface area (Å²) in [5.41, 5.74) is 11.0. The van der Waals surface area contributed by atoms with Crippen LogP contribution in [0, 0.1) is 0 Å². The highest BCUT2D eigenvalue weighted by atomic mass is 32.1. The number of hydrogen-bond acceptors (Lipinski definition) is 4. The number of hydrogen-bond donors (Lipinski definition) is 0. The first kappa shape index (κ1) is 32.2. The van der Waals surface area contributed by atoms with Gasteiger partial charge >= 0.3 is 0 Å². The summed E-state index contributed by atoms with van der Waals surface area (Å²) >= 11 is 1.84. The molecule has 0 amide bonds. The van der Waals surface area contributed by atoms with Crippen LogP contribution in [0.2, 0.25) is 0 Å². The molecule has 56 heavy (non-hydrogen) atoms. The Hall–Kier alpha value is -7.21. The molecule has 0 fully saturated rings. The Balaban J connectivity index is 1.12. The van der Waals surface area contributed by atoms with E-state index < -0.39 is 0 Å². The fraction of sp³-hybridized carbons (Fsp3) is 0.